The third-order valence-electron chi connectivity index (χ3n) is 2.14. The van der Waals surface area contributed by atoms with E-state index in [9.17, 15) is 13.2 Å². The molecular formula is C11H14N2O3S. The lowest BCUT2D eigenvalue weighted by molar-refractivity contribution is 0.565. The summed E-state index contributed by atoms with van der Waals surface area (Å²) >= 11 is 0. The minimum atomic E-state index is -3.61. The molecule has 6 heteroatoms. The predicted octanol–water partition coefficient (Wildman–Crippen LogP) is 1.73. The molecule has 1 aromatic carbocycles. The molecule has 0 fully saturated rings. The largest absolute Gasteiger partial charge is 0.242 e. The first-order valence-electron chi connectivity index (χ1n) is 5.28. The Labute approximate surface area is 101 Å². The molecule has 0 aliphatic heterocycles. The second-order valence-electron chi connectivity index (χ2n) is 3.42. The molecule has 5 nitrogen and oxygen atoms in total. The lowest BCUT2D eigenvalue weighted by atomic mass is 10.3. The van der Waals surface area contributed by atoms with Crippen LogP contribution in [0.1, 0.15) is 19.8 Å². The summed E-state index contributed by atoms with van der Waals surface area (Å²) in [4.78, 5) is 13.6. The summed E-state index contributed by atoms with van der Waals surface area (Å²) in [6, 6.07) is 6.06. The molecule has 0 aliphatic carbocycles. The molecule has 17 heavy (non-hydrogen) atoms. The topological polar surface area (TPSA) is 75.6 Å². The highest BCUT2D eigenvalue weighted by Crippen LogP contribution is 2.22. The van der Waals surface area contributed by atoms with Crippen molar-refractivity contribution < 1.29 is 13.2 Å². The van der Waals surface area contributed by atoms with Crippen molar-refractivity contribution in [2.45, 2.75) is 24.7 Å². The molecule has 0 atom stereocenters. The van der Waals surface area contributed by atoms with E-state index in [4.69, 9.17) is 0 Å². The van der Waals surface area contributed by atoms with Gasteiger partial charge in [0.1, 0.15) is 4.90 Å². The summed E-state index contributed by atoms with van der Waals surface area (Å²) in [6.07, 6.45) is 3.01. The number of nitrogens with zero attached hydrogens (tertiary/aromatic N) is 1. The molecule has 0 radical (unpaired) electrons. The predicted molar refractivity (Wildman–Crippen MR) is 64.3 cm³/mol. The first kappa shape index (κ1) is 13.6. The van der Waals surface area contributed by atoms with Gasteiger partial charge >= 0.3 is 0 Å². The van der Waals surface area contributed by atoms with E-state index in [0.29, 0.717) is 6.54 Å². The minimum Gasteiger partial charge on any atom is -0.211 e. The summed E-state index contributed by atoms with van der Waals surface area (Å²) in [5.41, 5.74) is 0.103. The maximum Gasteiger partial charge on any atom is 0.242 e. The highest BCUT2D eigenvalue weighted by Gasteiger charge is 2.17. The summed E-state index contributed by atoms with van der Waals surface area (Å²) in [6.45, 7) is 2.34. The Morgan fingerprint density at radius 3 is 2.71 bits per heavy atom. The van der Waals surface area contributed by atoms with E-state index in [1.807, 2.05) is 6.92 Å². The molecule has 0 bridgehead atoms. The molecule has 0 aliphatic rings. The van der Waals surface area contributed by atoms with Crippen LogP contribution in [0.4, 0.5) is 5.69 Å². The smallest absolute Gasteiger partial charge is 0.211 e. The maximum atomic E-state index is 11.9. The molecule has 1 N–H and O–H groups in total. The van der Waals surface area contributed by atoms with Crippen molar-refractivity contribution in [2.24, 2.45) is 4.99 Å². The molecule has 92 valence electrons. The van der Waals surface area contributed by atoms with Gasteiger partial charge in [0.15, 0.2) is 0 Å². The van der Waals surface area contributed by atoms with Gasteiger partial charge in [0.2, 0.25) is 16.1 Å². The Balaban J connectivity index is 3.02. The molecular weight excluding hydrogens is 240 g/mol. The third-order valence-corrected chi connectivity index (χ3v) is 3.65. The van der Waals surface area contributed by atoms with Crippen LogP contribution in [0, 0.1) is 0 Å². The summed E-state index contributed by atoms with van der Waals surface area (Å²) in [7, 11) is -3.61. The van der Waals surface area contributed by atoms with Gasteiger partial charge in [-0.3, -0.25) is 0 Å². The number of rotatable bonds is 6. The van der Waals surface area contributed by atoms with Crippen molar-refractivity contribution in [2.75, 3.05) is 6.54 Å². The standard InChI is InChI=1S/C11H14N2O3S/c1-2-3-8-13-17(15,16)11-7-5-4-6-10(11)12-9-14/h4-7,13H,2-3,8H2,1H3. The van der Waals surface area contributed by atoms with Crippen LogP contribution in [-0.4, -0.2) is 21.0 Å². The highest BCUT2D eigenvalue weighted by molar-refractivity contribution is 7.89. The molecule has 0 aromatic heterocycles. The number of carbonyl (C=O) groups excluding carboxylic acids is 1. The van der Waals surface area contributed by atoms with E-state index < -0.39 is 10.0 Å². The molecule has 0 saturated carbocycles. The van der Waals surface area contributed by atoms with Crippen LogP contribution in [-0.2, 0) is 14.8 Å². The Hall–Kier alpha value is -1.49. The number of benzene rings is 1. The van der Waals surface area contributed by atoms with E-state index in [2.05, 4.69) is 9.71 Å². The monoisotopic (exact) mass is 254 g/mol. The first-order chi connectivity index (χ1) is 8.11. The van der Waals surface area contributed by atoms with Crippen LogP contribution in [0.2, 0.25) is 0 Å². The molecule has 0 unspecified atom stereocenters. The van der Waals surface area contributed by atoms with Crippen LogP contribution >= 0.6 is 0 Å². The van der Waals surface area contributed by atoms with Gasteiger partial charge in [-0.15, -0.1) is 0 Å². The number of nitrogens with one attached hydrogen (secondary N) is 1. The van der Waals surface area contributed by atoms with Crippen molar-refractivity contribution in [1.29, 1.82) is 0 Å². The molecule has 1 rings (SSSR count). The number of para-hydroxylation sites is 1. The highest BCUT2D eigenvalue weighted by atomic mass is 32.2. The van der Waals surface area contributed by atoms with Gasteiger partial charge in [-0.2, -0.15) is 4.99 Å². The van der Waals surface area contributed by atoms with Crippen molar-refractivity contribution in [3.63, 3.8) is 0 Å². The van der Waals surface area contributed by atoms with E-state index in [1.54, 1.807) is 12.1 Å². The van der Waals surface area contributed by atoms with Gasteiger partial charge in [0, 0.05) is 6.54 Å². The van der Waals surface area contributed by atoms with Gasteiger partial charge in [0.05, 0.1) is 5.69 Å². The van der Waals surface area contributed by atoms with Gasteiger partial charge in [-0.05, 0) is 18.6 Å². The van der Waals surface area contributed by atoms with Crippen molar-refractivity contribution in [3.8, 4) is 0 Å². The van der Waals surface area contributed by atoms with Gasteiger partial charge in [-0.25, -0.2) is 17.9 Å². The van der Waals surface area contributed by atoms with Crippen molar-refractivity contribution in [3.05, 3.63) is 24.3 Å². The minimum absolute atomic E-state index is 0.000506. The van der Waals surface area contributed by atoms with Crippen molar-refractivity contribution in [1.82, 2.24) is 4.72 Å². The van der Waals surface area contributed by atoms with Crippen molar-refractivity contribution >= 4 is 21.8 Å². The zero-order valence-corrected chi connectivity index (χ0v) is 10.3. The van der Waals surface area contributed by atoms with Crippen LogP contribution in [0.5, 0.6) is 0 Å². The molecule has 0 spiro atoms. The number of hydrogen-bond donors (Lipinski definition) is 1. The number of hydrogen-bond acceptors (Lipinski definition) is 4. The zero-order valence-electron chi connectivity index (χ0n) is 9.51. The fraction of sp³-hybridized carbons (Fsp3) is 0.364. The fourth-order valence-corrected chi connectivity index (χ4v) is 2.50. The van der Waals surface area contributed by atoms with Gasteiger partial charge < -0.3 is 0 Å². The van der Waals surface area contributed by atoms with Gasteiger partial charge in [0.25, 0.3) is 0 Å². The quantitative estimate of drug-likeness (QED) is 0.477. The van der Waals surface area contributed by atoms with Gasteiger partial charge in [-0.1, -0.05) is 25.5 Å². The first-order valence-corrected chi connectivity index (χ1v) is 6.76. The second-order valence-corrected chi connectivity index (χ2v) is 5.16. The van der Waals surface area contributed by atoms with E-state index >= 15 is 0 Å². The van der Waals surface area contributed by atoms with Crippen LogP contribution < -0.4 is 4.72 Å². The third kappa shape index (κ3) is 3.78. The SMILES string of the molecule is CCCCNS(=O)(=O)c1ccccc1N=C=O. The Kier molecular flexibility index (Phi) is 5.03. The average Bonchev–Trinajstić information content (AvgIpc) is 2.30. The molecule has 0 amide bonds. The number of sulfonamides is 1. The normalized spacial score (nSPS) is 10.9. The zero-order chi connectivity index (χ0) is 12.7. The fourth-order valence-electron chi connectivity index (χ4n) is 1.29. The lowest BCUT2D eigenvalue weighted by Gasteiger charge is -2.07. The average molecular weight is 254 g/mol. The summed E-state index contributed by atoms with van der Waals surface area (Å²) < 4.78 is 26.3. The lowest BCUT2D eigenvalue weighted by Crippen LogP contribution is -2.24. The van der Waals surface area contributed by atoms with Crippen LogP contribution in [0.25, 0.3) is 0 Å². The van der Waals surface area contributed by atoms with Crippen LogP contribution in [0.15, 0.2) is 34.2 Å². The second kappa shape index (κ2) is 6.30. The molecule has 0 heterocycles. The Morgan fingerprint density at radius 2 is 2.06 bits per heavy atom. The number of unbranched alkanes of at least 4 members (excludes halogenated alkanes) is 1. The van der Waals surface area contributed by atoms with E-state index in [-0.39, 0.29) is 10.6 Å². The Morgan fingerprint density at radius 1 is 1.35 bits per heavy atom. The summed E-state index contributed by atoms with van der Waals surface area (Å²) in [5, 5.41) is 0. The maximum absolute atomic E-state index is 11.9. The van der Waals surface area contributed by atoms with E-state index in [0.717, 1.165) is 12.8 Å². The Bertz CT molecular complexity index is 519. The number of isocyanates is 1. The molecule has 0 saturated heterocycles. The molecule has 1 aromatic rings. The van der Waals surface area contributed by atoms with E-state index in [1.165, 1.54) is 18.2 Å². The van der Waals surface area contributed by atoms with Crippen LogP contribution in [0.3, 0.4) is 0 Å². The number of aliphatic imine (C=N–C) groups is 1. The summed E-state index contributed by atoms with van der Waals surface area (Å²) in [5.74, 6) is 0.